The number of fused-ring (bicyclic) bond motifs is 1. The Hall–Kier alpha value is -2.39. The van der Waals surface area contributed by atoms with Crippen LogP contribution in [-0.2, 0) is 17.6 Å². The van der Waals surface area contributed by atoms with Gasteiger partial charge in [-0.3, -0.25) is 0 Å². The SMILES string of the molecule is C.CC(C)C.CC(C)O.CCC.CCC.CCCC(C)=O.CCc1c[nH]c2ccccc12.CCc1ccc(C)cc1. The van der Waals surface area contributed by atoms with Crippen LogP contribution in [0.15, 0.2) is 54.7 Å². The van der Waals surface area contributed by atoms with Crippen molar-refractivity contribution in [3.05, 3.63) is 71.4 Å². The lowest BCUT2D eigenvalue weighted by molar-refractivity contribution is -0.117. The van der Waals surface area contributed by atoms with E-state index in [0.29, 0.717) is 0 Å². The number of hydrogen-bond donors (Lipinski definition) is 2. The first-order valence-electron chi connectivity index (χ1n) is 15.6. The number of aryl methyl sites for hydroxylation is 3. The van der Waals surface area contributed by atoms with E-state index < -0.39 is 0 Å². The van der Waals surface area contributed by atoms with Gasteiger partial charge in [0.25, 0.3) is 0 Å². The van der Waals surface area contributed by atoms with Crippen molar-refractivity contribution in [3.8, 4) is 0 Å². The van der Waals surface area contributed by atoms with Crippen LogP contribution in [0.25, 0.3) is 10.9 Å². The van der Waals surface area contributed by atoms with Gasteiger partial charge in [0.15, 0.2) is 0 Å². The smallest absolute Gasteiger partial charge is 0.129 e. The van der Waals surface area contributed by atoms with E-state index in [4.69, 9.17) is 5.11 Å². The number of Topliss-reactive ketones (excluding diaryl/α,β-unsaturated/α-hetero) is 1. The highest BCUT2D eigenvalue weighted by Gasteiger charge is 1.98. The molecule has 0 fully saturated rings. The molecule has 0 spiro atoms. The number of hydrogen-bond acceptors (Lipinski definition) is 2. The molecule has 2 aromatic carbocycles. The zero-order valence-electron chi connectivity index (χ0n) is 28.9. The molecule has 1 aromatic heterocycles. The lowest BCUT2D eigenvalue weighted by Crippen LogP contribution is -1.85. The average molecular weight is 574 g/mol. The van der Waals surface area contributed by atoms with E-state index in [1.807, 2.05) is 6.92 Å². The summed E-state index contributed by atoms with van der Waals surface area (Å²) >= 11 is 0. The van der Waals surface area contributed by atoms with Gasteiger partial charge in [-0.1, -0.05) is 138 Å². The average Bonchev–Trinajstić information content (AvgIpc) is 3.29. The Kier molecular flexibility index (Phi) is 42.0. The third-order valence-corrected chi connectivity index (χ3v) is 4.19. The van der Waals surface area contributed by atoms with Crippen LogP contribution in [0, 0.1) is 12.8 Å². The van der Waals surface area contributed by atoms with Gasteiger partial charge in [0.2, 0.25) is 0 Å². The maximum absolute atomic E-state index is 10.0. The van der Waals surface area contributed by atoms with Crippen LogP contribution >= 0.6 is 0 Å². The highest BCUT2D eigenvalue weighted by molar-refractivity contribution is 5.82. The van der Waals surface area contributed by atoms with E-state index in [0.717, 1.165) is 31.6 Å². The van der Waals surface area contributed by atoms with Crippen LogP contribution in [0.1, 0.15) is 140 Å². The third kappa shape index (κ3) is 39.8. The van der Waals surface area contributed by atoms with Crippen molar-refractivity contribution in [1.82, 2.24) is 4.98 Å². The molecule has 41 heavy (non-hydrogen) atoms. The fourth-order valence-corrected chi connectivity index (χ4v) is 2.60. The quantitative estimate of drug-likeness (QED) is 0.326. The van der Waals surface area contributed by atoms with Crippen LogP contribution in [0.4, 0.5) is 0 Å². The summed E-state index contributed by atoms with van der Waals surface area (Å²) in [6, 6.07) is 17.1. The van der Waals surface area contributed by atoms with E-state index in [9.17, 15) is 4.79 Å². The second-order valence-corrected chi connectivity index (χ2v) is 10.7. The Morgan fingerprint density at radius 3 is 1.51 bits per heavy atom. The highest BCUT2D eigenvalue weighted by Crippen LogP contribution is 2.17. The second kappa shape index (κ2) is 35.6. The van der Waals surface area contributed by atoms with Crippen LogP contribution in [0.3, 0.4) is 0 Å². The summed E-state index contributed by atoms with van der Waals surface area (Å²) < 4.78 is 0. The van der Waals surface area contributed by atoms with Gasteiger partial charge in [-0.15, -0.1) is 0 Å². The monoisotopic (exact) mass is 574 g/mol. The molecule has 3 heteroatoms. The van der Waals surface area contributed by atoms with E-state index in [2.05, 4.69) is 129 Å². The predicted octanol–water partition coefficient (Wildman–Crippen LogP) is 12.2. The number of H-pyrrole nitrogens is 1. The van der Waals surface area contributed by atoms with Crippen molar-refractivity contribution in [2.24, 2.45) is 5.92 Å². The van der Waals surface area contributed by atoms with Gasteiger partial charge in [-0.25, -0.2) is 0 Å². The zero-order valence-corrected chi connectivity index (χ0v) is 28.9. The fraction of sp³-hybridized carbons (Fsp3) is 0.605. The molecule has 0 aliphatic heterocycles. The molecular formula is C38H71NO2. The van der Waals surface area contributed by atoms with Gasteiger partial charge in [-0.05, 0) is 70.1 Å². The van der Waals surface area contributed by atoms with Crippen LogP contribution in [-0.4, -0.2) is 22.0 Å². The lowest BCUT2D eigenvalue weighted by atomic mass is 10.1. The molecule has 240 valence electrons. The molecule has 0 unspecified atom stereocenters. The normalized spacial score (nSPS) is 8.80. The third-order valence-electron chi connectivity index (χ3n) is 4.19. The Labute approximate surface area is 257 Å². The molecule has 0 bridgehead atoms. The zero-order chi connectivity index (χ0) is 31.9. The molecular weight excluding hydrogens is 502 g/mol. The topological polar surface area (TPSA) is 53.1 Å². The van der Waals surface area contributed by atoms with Gasteiger partial charge in [0, 0.05) is 29.6 Å². The summed E-state index contributed by atoms with van der Waals surface area (Å²) in [6.45, 7) is 28.5. The Balaban J connectivity index is -0.000000131. The van der Waals surface area contributed by atoms with Crippen LogP contribution in [0.5, 0.6) is 0 Å². The van der Waals surface area contributed by atoms with Crippen molar-refractivity contribution < 1.29 is 9.90 Å². The summed E-state index contributed by atoms with van der Waals surface area (Å²) in [5.74, 6) is 1.12. The van der Waals surface area contributed by atoms with Crippen molar-refractivity contribution in [2.75, 3.05) is 0 Å². The van der Waals surface area contributed by atoms with E-state index in [1.165, 1.54) is 40.4 Å². The Morgan fingerprint density at radius 2 is 1.20 bits per heavy atom. The summed E-state index contributed by atoms with van der Waals surface area (Å²) in [6.07, 6.45) is 8.38. The van der Waals surface area contributed by atoms with E-state index >= 15 is 0 Å². The molecule has 3 aromatic rings. The molecule has 0 atom stereocenters. The van der Waals surface area contributed by atoms with Gasteiger partial charge in [-0.2, -0.15) is 0 Å². The number of para-hydroxylation sites is 1. The minimum Gasteiger partial charge on any atom is -0.394 e. The number of aromatic nitrogens is 1. The van der Waals surface area contributed by atoms with Gasteiger partial charge in [0.05, 0.1) is 0 Å². The van der Waals surface area contributed by atoms with Crippen LogP contribution in [0.2, 0.25) is 0 Å². The van der Waals surface area contributed by atoms with Gasteiger partial charge < -0.3 is 14.9 Å². The predicted molar refractivity (Wildman–Crippen MR) is 190 cm³/mol. The second-order valence-electron chi connectivity index (χ2n) is 10.7. The summed E-state index contributed by atoms with van der Waals surface area (Å²) in [5.41, 5.74) is 5.40. The van der Waals surface area contributed by atoms with Gasteiger partial charge >= 0.3 is 0 Å². The number of carbonyl (C=O) groups is 1. The minimum absolute atomic E-state index is 0. The minimum atomic E-state index is -0.167. The van der Waals surface area contributed by atoms with Gasteiger partial charge in [0.1, 0.15) is 5.78 Å². The Morgan fingerprint density at radius 1 is 0.780 bits per heavy atom. The summed E-state index contributed by atoms with van der Waals surface area (Å²) in [5, 5.41) is 9.41. The van der Waals surface area contributed by atoms with Crippen LogP contribution < -0.4 is 0 Å². The fourth-order valence-electron chi connectivity index (χ4n) is 2.60. The summed E-state index contributed by atoms with van der Waals surface area (Å²) in [7, 11) is 0. The lowest BCUT2D eigenvalue weighted by Gasteiger charge is -1.94. The maximum atomic E-state index is 10.0. The first kappa shape index (κ1) is 48.3. The van der Waals surface area contributed by atoms with Crippen molar-refractivity contribution in [1.29, 1.82) is 0 Å². The number of nitrogens with one attached hydrogen (secondary N) is 1. The number of ketones is 1. The number of carbonyl (C=O) groups excluding carboxylic acids is 1. The molecule has 0 amide bonds. The molecule has 3 rings (SSSR count). The number of benzene rings is 2. The van der Waals surface area contributed by atoms with Crippen molar-refractivity contribution >= 4 is 16.7 Å². The van der Waals surface area contributed by atoms with E-state index in [1.54, 1.807) is 20.8 Å². The molecule has 0 saturated heterocycles. The number of rotatable bonds is 4. The highest BCUT2D eigenvalue weighted by atomic mass is 16.3. The van der Waals surface area contributed by atoms with Crippen molar-refractivity contribution in [2.45, 2.75) is 149 Å². The Bertz CT molecular complexity index is 879. The molecule has 0 radical (unpaired) electrons. The molecule has 0 aliphatic carbocycles. The maximum Gasteiger partial charge on any atom is 0.129 e. The molecule has 2 N–H and O–H groups in total. The summed E-state index contributed by atoms with van der Waals surface area (Å²) in [4.78, 5) is 13.3. The largest absolute Gasteiger partial charge is 0.394 e. The number of aliphatic hydroxyl groups excluding tert-OH is 1. The first-order valence-corrected chi connectivity index (χ1v) is 15.6. The molecule has 0 aliphatic rings. The van der Waals surface area contributed by atoms with Crippen molar-refractivity contribution in [3.63, 3.8) is 0 Å². The molecule has 3 nitrogen and oxygen atoms in total. The number of aliphatic hydroxyl groups is 1. The first-order chi connectivity index (χ1) is 18.8. The number of aromatic amines is 1. The van der Waals surface area contributed by atoms with E-state index in [-0.39, 0.29) is 19.3 Å². The molecule has 0 saturated carbocycles. The molecule has 1 heterocycles. The standard InChI is InChI=1S/C10H11N.C9H12.C5H10O.C4H10.C3H8O.2C3H8.CH4/c1-2-8-7-11-10-6-4-3-5-9(8)10;1-3-9-6-4-8(2)5-7-9;1-3-4-5(2)6;1-4(2)3;1-3(2)4;2*1-3-2;/h3-7,11H,2H2,1H3;4-7H,3H2,1-2H3;3-4H2,1-2H3;4H,1-3H3;3-4H,1-2H3;2*3H2,1-2H3;1H4.